The summed E-state index contributed by atoms with van der Waals surface area (Å²) in [6.45, 7) is 7.56. The highest BCUT2D eigenvalue weighted by Crippen LogP contribution is 2.17. The van der Waals surface area contributed by atoms with Crippen LogP contribution in [0.25, 0.3) is 0 Å². The Bertz CT molecular complexity index is 340. The van der Waals surface area contributed by atoms with Crippen molar-refractivity contribution in [1.82, 2.24) is 4.90 Å². The molecule has 0 spiro atoms. The average Bonchev–Trinajstić information content (AvgIpc) is 2.14. The highest BCUT2D eigenvalue weighted by molar-refractivity contribution is 7.91. The smallest absolute Gasteiger partial charge is 0.152 e. The molecule has 1 saturated heterocycles. The van der Waals surface area contributed by atoms with E-state index in [1.165, 1.54) is 0 Å². The predicted octanol–water partition coefficient (Wildman–Crippen LogP) is 0.722. The second kappa shape index (κ2) is 4.84. The van der Waals surface area contributed by atoms with Gasteiger partial charge in [-0.2, -0.15) is 0 Å². The van der Waals surface area contributed by atoms with Crippen molar-refractivity contribution in [2.24, 2.45) is 5.41 Å². The second-order valence-corrected chi connectivity index (χ2v) is 7.72. The summed E-state index contributed by atoms with van der Waals surface area (Å²) in [4.78, 5) is 13.7. The molecule has 0 atom stereocenters. The Kier molecular flexibility index (Phi) is 4.12. The molecule has 0 aromatic heterocycles. The van der Waals surface area contributed by atoms with Crippen molar-refractivity contribution in [3.63, 3.8) is 0 Å². The van der Waals surface area contributed by atoms with Crippen molar-refractivity contribution in [3.05, 3.63) is 0 Å². The summed E-state index contributed by atoms with van der Waals surface area (Å²) in [6, 6.07) is 0. The molecule has 16 heavy (non-hydrogen) atoms. The van der Waals surface area contributed by atoms with Crippen LogP contribution in [-0.4, -0.2) is 50.2 Å². The van der Waals surface area contributed by atoms with E-state index in [0.717, 1.165) is 0 Å². The number of hydrogen-bond acceptors (Lipinski definition) is 4. The zero-order chi connectivity index (χ0) is 12.4. The van der Waals surface area contributed by atoms with Crippen LogP contribution in [0.1, 0.15) is 27.2 Å². The molecule has 1 heterocycles. The zero-order valence-corrected chi connectivity index (χ0v) is 11.1. The molecule has 94 valence electrons. The van der Waals surface area contributed by atoms with Crippen LogP contribution in [0, 0.1) is 5.41 Å². The van der Waals surface area contributed by atoms with Crippen LogP contribution < -0.4 is 0 Å². The first-order chi connectivity index (χ1) is 7.21. The maximum absolute atomic E-state index is 11.7. The van der Waals surface area contributed by atoms with E-state index >= 15 is 0 Å². The Labute approximate surface area is 97.9 Å². The van der Waals surface area contributed by atoms with Crippen molar-refractivity contribution >= 4 is 15.6 Å². The van der Waals surface area contributed by atoms with Crippen molar-refractivity contribution in [2.45, 2.75) is 27.2 Å². The number of hydrogen-bond donors (Lipinski definition) is 0. The number of nitrogens with zero attached hydrogens (tertiary/aromatic N) is 1. The summed E-state index contributed by atoms with van der Waals surface area (Å²) in [5.74, 6) is 0.703. The van der Waals surface area contributed by atoms with Gasteiger partial charge in [0.2, 0.25) is 0 Å². The molecule has 1 aliphatic rings. The maximum atomic E-state index is 11.7. The number of carbonyl (C=O) groups is 1. The van der Waals surface area contributed by atoms with E-state index < -0.39 is 9.84 Å². The lowest BCUT2D eigenvalue weighted by Gasteiger charge is -2.27. The average molecular weight is 247 g/mol. The van der Waals surface area contributed by atoms with E-state index in [2.05, 4.69) is 4.90 Å². The minimum atomic E-state index is -2.81. The summed E-state index contributed by atoms with van der Waals surface area (Å²) >= 11 is 0. The summed E-state index contributed by atoms with van der Waals surface area (Å²) in [5, 5.41) is 0. The lowest BCUT2D eigenvalue weighted by Crippen LogP contribution is -2.41. The molecule has 5 heteroatoms. The fraction of sp³-hybridized carbons (Fsp3) is 0.909. The number of sulfone groups is 1. The monoisotopic (exact) mass is 247 g/mol. The van der Waals surface area contributed by atoms with Gasteiger partial charge >= 0.3 is 0 Å². The summed E-state index contributed by atoms with van der Waals surface area (Å²) in [7, 11) is -2.81. The Hall–Kier alpha value is -0.420. The van der Waals surface area contributed by atoms with Gasteiger partial charge < -0.3 is 4.90 Å². The third kappa shape index (κ3) is 4.22. The fourth-order valence-electron chi connectivity index (χ4n) is 1.61. The first-order valence-electron chi connectivity index (χ1n) is 5.67. The van der Waals surface area contributed by atoms with Crippen LogP contribution in [0.4, 0.5) is 0 Å². The van der Waals surface area contributed by atoms with Gasteiger partial charge in [0.25, 0.3) is 0 Å². The van der Waals surface area contributed by atoms with Gasteiger partial charge in [-0.3, -0.25) is 4.79 Å². The van der Waals surface area contributed by atoms with Crippen LogP contribution in [0.15, 0.2) is 0 Å². The van der Waals surface area contributed by atoms with Crippen molar-refractivity contribution in [1.29, 1.82) is 0 Å². The molecule has 0 radical (unpaired) electrons. The number of rotatable bonds is 3. The van der Waals surface area contributed by atoms with E-state index in [-0.39, 0.29) is 22.7 Å². The van der Waals surface area contributed by atoms with Gasteiger partial charge in [-0.15, -0.1) is 0 Å². The molecule has 1 aliphatic heterocycles. The standard InChI is InChI=1S/C11H21NO3S/c1-11(2,3)10(13)4-5-12-6-8-16(14,15)9-7-12/h4-9H2,1-3H3. The van der Waals surface area contributed by atoms with Gasteiger partial charge in [0.15, 0.2) is 9.84 Å². The topological polar surface area (TPSA) is 54.5 Å². The van der Waals surface area contributed by atoms with Crippen LogP contribution in [0.5, 0.6) is 0 Å². The van der Waals surface area contributed by atoms with Gasteiger partial charge in [0.05, 0.1) is 11.5 Å². The largest absolute Gasteiger partial charge is 0.301 e. The Balaban J connectivity index is 2.33. The molecule has 0 amide bonds. The molecule has 0 aromatic carbocycles. The van der Waals surface area contributed by atoms with Gasteiger partial charge in [0.1, 0.15) is 5.78 Å². The highest BCUT2D eigenvalue weighted by atomic mass is 32.2. The Morgan fingerprint density at radius 2 is 1.69 bits per heavy atom. The fourth-order valence-corrected chi connectivity index (χ4v) is 2.89. The second-order valence-electron chi connectivity index (χ2n) is 5.42. The summed E-state index contributed by atoms with van der Waals surface area (Å²) in [5.41, 5.74) is -0.290. The van der Waals surface area contributed by atoms with Gasteiger partial charge in [-0.05, 0) is 0 Å². The van der Waals surface area contributed by atoms with Crippen LogP contribution in [0.2, 0.25) is 0 Å². The van der Waals surface area contributed by atoms with E-state index in [1.54, 1.807) is 0 Å². The maximum Gasteiger partial charge on any atom is 0.152 e. The number of ketones is 1. The van der Waals surface area contributed by atoms with Crippen LogP contribution in [-0.2, 0) is 14.6 Å². The SMILES string of the molecule is CC(C)(C)C(=O)CCN1CCS(=O)(=O)CC1. The molecular formula is C11H21NO3S. The van der Waals surface area contributed by atoms with E-state index in [1.807, 2.05) is 20.8 Å². The van der Waals surface area contributed by atoms with E-state index in [4.69, 9.17) is 0 Å². The zero-order valence-electron chi connectivity index (χ0n) is 10.3. The van der Waals surface area contributed by atoms with Gasteiger partial charge in [-0.25, -0.2) is 8.42 Å². The third-order valence-electron chi connectivity index (χ3n) is 2.93. The molecular weight excluding hydrogens is 226 g/mol. The molecule has 0 saturated carbocycles. The Morgan fingerprint density at radius 3 is 2.12 bits per heavy atom. The quantitative estimate of drug-likeness (QED) is 0.737. The van der Waals surface area contributed by atoms with Gasteiger partial charge in [0, 0.05) is 31.5 Å². The van der Waals surface area contributed by atoms with E-state index in [9.17, 15) is 13.2 Å². The minimum Gasteiger partial charge on any atom is -0.301 e. The number of Topliss-reactive ketones (excluding diaryl/α,β-unsaturated/α-hetero) is 1. The molecule has 1 fully saturated rings. The van der Waals surface area contributed by atoms with E-state index in [0.29, 0.717) is 26.1 Å². The first-order valence-corrected chi connectivity index (χ1v) is 7.49. The minimum absolute atomic E-state index is 0.233. The summed E-state index contributed by atoms with van der Waals surface area (Å²) < 4.78 is 22.4. The lowest BCUT2D eigenvalue weighted by atomic mass is 9.89. The normalized spacial score (nSPS) is 21.9. The molecule has 4 nitrogen and oxygen atoms in total. The van der Waals surface area contributed by atoms with Crippen LogP contribution in [0.3, 0.4) is 0 Å². The molecule has 0 bridgehead atoms. The third-order valence-corrected chi connectivity index (χ3v) is 4.54. The van der Waals surface area contributed by atoms with Crippen LogP contribution >= 0.6 is 0 Å². The van der Waals surface area contributed by atoms with Crippen molar-refractivity contribution in [3.8, 4) is 0 Å². The summed E-state index contributed by atoms with van der Waals surface area (Å²) in [6.07, 6.45) is 0.517. The molecule has 1 rings (SSSR count). The lowest BCUT2D eigenvalue weighted by molar-refractivity contribution is -0.126. The first kappa shape index (κ1) is 13.6. The Morgan fingerprint density at radius 1 is 1.19 bits per heavy atom. The van der Waals surface area contributed by atoms with Gasteiger partial charge in [-0.1, -0.05) is 20.8 Å². The molecule has 0 unspecified atom stereocenters. The molecule has 0 aromatic rings. The molecule has 0 aliphatic carbocycles. The van der Waals surface area contributed by atoms with Crippen molar-refractivity contribution < 1.29 is 13.2 Å². The molecule has 0 N–H and O–H groups in total. The number of carbonyl (C=O) groups excluding carboxylic acids is 1. The predicted molar refractivity (Wildman–Crippen MR) is 64.2 cm³/mol. The van der Waals surface area contributed by atoms with Crippen molar-refractivity contribution in [2.75, 3.05) is 31.1 Å². The highest BCUT2D eigenvalue weighted by Gasteiger charge is 2.24.